The van der Waals surface area contributed by atoms with Crippen LogP contribution in [-0.4, -0.2) is 31.5 Å². The zero-order valence-corrected chi connectivity index (χ0v) is 10.7. The minimum absolute atomic E-state index is 0.00306. The fraction of sp³-hybridized carbons (Fsp3) is 0.364. The predicted molar refractivity (Wildman–Crippen MR) is 63.3 cm³/mol. The molecule has 4 heteroatoms. The van der Waals surface area contributed by atoms with Crippen LogP contribution in [0.25, 0.3) is 0 Å². The highest BCUT2D eigenvalue weighted by Crippen LogP contribution is 2.25. The highest BCUT2D eigenvalue weighted by molar-refractivity contribution is 9.10. The molecule has 0 aliphatic carbocycles. The highest BCUT2D eigenvalue weighted by Gasteiger charge is 2.11. The number of rotatable bonds is 3. The molecule has 1 amide bonds. The number of carbonyl (C=O) groups is 1. The van der Waals surface area contributed by atoms with Gasteiger partial charge < -0.3 is 9.64 Å². The van der Waals surface area contributed by atoms with Crippen molar-refractivity contribution in [3.05, 3.63) is 28.2 Å². The summed E-state index contributed by atoms with van der Waals surface area (Å²) in [6.45, 7) is 2.63. The molecule has 0 saturated carbocycles. The van der Waals surface area contributed by atoms with Crippen molar-refractivity contribution < 1.29 is 9.53 Å². The second kappa shape index (κ2) is 5.16. The molecular formula is C11H14BrNO2. The lowest BCUT2D eigenvalue weighted by Crippen LogP contribution is -2.26. The van der Waals surface area contributed by atoms with Crippen LogP contribution in [0.15, 0.2) is 22.7 Å². The smallest absolute Gasteiger partial charge is 0.253 e. The van der Waals surface area contributed by atoms with Crippen molar-refractivity contribution in [3.63, 3.8) is 0 Å². The molecule has 15 heavy (non-hydrogen) atoms. The Balaban J connectivity index is 3.01. The standard InChI is InChI=1S/C11H14BrNO2/c1-4-13(2)11(14)8-5-6-9(12)10(7-8)15-3/h5-7H,4H2,1-3H3. The molecule has 3 nitrogen and oxygen atoms in total. The maximum atomic E-state index is 11.8. The fourth-order valence-corrected chi connectivity index (χ4v) is 1.57. The van der Waals surface area contributed by atoms with E-state index in [9.17, 15) is 4.79 Å². The molecule has 0 atom stereocenters. The second-order valence-corrected chi connectivity index (χ2v) is 4.02. The molecule has 0 unspecified atom stereocenters. The van der Waals surface area contributed by atoms with Gasteiger partial charge in [-0.05, 0) is 41.1 Å². The number of nitrogens with zero attached hydrogens (tertiary/aromatic N) is 1. The topological polar surface area (TPSA) is 29.5 Å². The van der Waals surface area contributed by atoms with E-state index < -0.39 is 0 Å². The average Bonchev–Trinajstić information content (AvgIpc) is 2.27. The Kier molecular flexibility index (Phi) is 4.15. The van der Waals surface area contributed by atoms with Crippen molar-refractivity contribution in [1.82, 2.24) is 4.90 Å². The molecule has 82 valence electrons. The summed E-state index contributed by atoms with van der Waals surface area (Å²) in [5, 5.41) is 0. The third-order valence-corrected chi connectivity index (χ3v) is 2.87. The van der Waals surface area contributed by atoms with E-state index in [1.54, 1.807) is 31.2 Å². The van der Waals surface area contributed by atoms with Crippen LogP contribution in [0.2, 0.25) is 0 Å². The predicted octanol–water partition coefficient (Wildman–Crippen LogP) is 2.55. The molecule has 1 rings (SSSR count). The van der Waals surface area contributed by atoms with Gasteiger partial charge in [0.1, 0.15) is 5.75 Å². The van der Waals surface area contributed by atoms with E-state index in [2.05, 4.69) is 15.9 Å². The molecule has 0 heterocycles. The van der Waals surface area contributed by atoms with Crippen molar-refractivity contribution in [1.29, 1.82) is 0 Å². The fourth-order valence-electron chi connectivity index (χ4n) is 1.16. The number of amides is 1. The van der Waals surface area contributed by atoms with Crippen LogP contribution in [0.5, 0.6) is 5.75 Å². The van der Waals surface area contributed by atoms with Crippen molar-refractivity contribution >= 4 is 21.8 Å². The van der Waals surface area contributed by atoms with Gasteiger partial charge in [0, 0.05) is 19.2 Å². The normalized spacial score (nSPS) is 9.87. The first kappa shape index (κ1) is 12.0. The highest BCUT2D eigenvalue weighted by atomic mass is 79.9. The molecule has 0 aliphatic heterocycles. The van der Waals surface area contributed by atoms with E-state index >= 15 is 0 Å². The zero-order valence-electron chi connectivity index (χ0n) is 9.08. The number of methoxy groups -OCH3 is 1. The van der Waals surface area contributed by atoms with E-state index in [1.165, 1.54) is 0 Å². The minimum atomic E-state index is 0.00306. The van der Waals surface area contributed by atoms with Crippen LogP contribution in [0, 0.1) is 0 Å². The van der Waals surface area contributed by atoms with Crippen LogP contribution in [0.3, 0.4) is 0 Å². The summed E-state index contributed by atoms with van der Waals surface area (Å²) in [5.41, 5.74) is 0.638. The largest absolute Gasteiger partial charge is 0.496 e. The first-order chi connectivity index (χ1) is 7.10. The summed E-state index contributed by atoms with van der Waals surface area (Å²) in [5.74, 6) is 0.675. The summed E-state index contributed by atoms with van der Waals surface area (Å²) >= 11 is 3.34. The van der Waals surface area contributed by atoms with Crippen LogP contribution < -0.4 is 4.74 Å². The van der Waals surface area contributed by atoms with Gasteiger partial charge >= 0.3 is 0 Å². The van der Waals surface area contributed by atoms with E-state index in [0.29, 0.717) is 17.9 Å². The Morgan fingerprint density at radius 2 is 2.20 bits per heavy atom. The molecular weight excluding hydrogens is 258 g/mol. The number of ether oxygens (including phenoxy) is 1. The van der Waals surface area contributed by atoms with Gasteiger partial charge in [-0.3, -0.25) is 4.79 Å². The Morgan fingerprint density at radius 1 is 1.53 bits per heavy atom. The molecule has 0 aliphatic rings. The molecule has 0 saturated heterocycles. The number of hydrogen-bond acceptors (Lipinski definition) is 2. The van der Waals surface area contributed by atoms with Crippen LogP contribution in [0.4, 0.5) is 0 Å². The third-order valence-electron chi connectivity index (χ3n) is 2.22. The lowest BCUT2D eigenvalue weighted by Gasteiger charge is -2.15. The van der Waals surface area contributed by atoms with Gasteiger partial charge in [-0.25, -0.2) is 0 Å². The summed E-state index contributed by atoms with van der Waals surface area (Å²) < 4.78 is 5.98. The summed E-state index contributed by atoms with van der Waals surface area (Å²) in [6, 6.07) is 5.33. The summed E-state index contributed by atoms with van der Waals surface area (Å²) in [7, 11) is 3.36. The summed E-state index contributed by atoms with van der Waals surface area (Å²) in [4.78, 5) is 13.5. The maximum absolute atomic E-state index is 11.8. The number of carbonyl (C=O) groups excluding carboxylic acids is 1. The zero-order chi connectivity index (χ0) is 11.4. The van der Waals surface area contributed by atoms with Gasteiger partial charge in [0.05, 0.1) is 11.6 Å². The quantitative estimate of drug-likeness (QED) is 0.846. The molecule has 0 spiro atoms. The van der Waals surface area contributed by atoms with Crippen molar-refractivity contribution in [2.45, 2.75) is 6.92 Å². The molecule has 1 aromatic rings. The Labute approximate surface area is 98.2 Å². The number of hydrogen-bond donors (Lipinski definition) is 0. The monoisotopic (exact) mass is 271 g/mol. The van der Waals surface area contributed by atoms with Gasteiger partial charge in [0.15, 0.2) is 0 Å². The summed E-state index contributed by atoms with van der Waals surface area (Å²) in [6.07, 6.45) is 0. The lowest BCUT2D eigenvalue weighted by atomic mass is 10.2. The van der Waals surface area contributed by atoms with Crippen LogP contribution in [-0.2, 0) is 0 Å². The molecule has 0 bridgehead atoms. The van der Waals surface area contributed by atoms with Crippen molar-refractivity contribution in [3.8, 4) is 5.75 Å². The Bertz CT molecular complexity index is 366. The Morgan fingerprint density at radius 3 is 2.73 bits per heavy atom. The van der Waals surface area contributed by atoms with Gasteiger partial charge in [-0.15, -0.1) is 0 Å². The number of benzene rings is 1. The van der Waals surface area contributed by atoms with Crippen LogP contribution >= 0.6 is 15.9 Å². The van der Waals surface area contributed by atoms with E-state index in [0.717, 1.165) is 4.47 Å². The van der Waals surface area contributed by atoms with Crippen LogP contribution in [0.1, 0.15) is 17.3 Å². The molecule has 1 aromatic carbocycles. The van der Waals surface area contributed by atoms with E-state index in [4.69, 9.17) is 4.74 Å². The molecule has 0 radical (unpaired) electrons. The van der Waals surface area contributed by atoms with Crippen molar-refractivity contribution in [2.24, 2.45) is 0 Å². The average molecular weight is 272 g/mol. The first-order valence-corrected chi connectivity index (χ1v) is 5.48. The molecule has 0 N–H and O–H groups in total. The van der Waals surface area contributed by atoms with Gasteiger partial charge in [0.2, 0.25) is 0 Å². The second-order valence-electron chi connectivity index (χ2n) is 3.17. The van der Waals surface area contributed by atoms with Gasteiger partial charge in [-0.2, -0.15) is 0 Å². The lowest BCUT2D eigenvalue weighted by molar-refractivity contribution is 0.0802. The minimum Gasteiger partial charge on any atom is -0.496 e. The Hall–Kier alpha value is -1.03. The third kappa shape index (κ3) is 2.72. The van der Waals surface area contributed by atoms with Crippen molar-refractivity contribution in [2.75, 3.05) is 20.7 Å². The van der Waals surface area contributed by atoms with E-state index in [1.807, 2.05) is 13.0 Å². The SMILES string of the molecule is CCN(C)C(=O)c1ccc(Br)c(OC)c1. The van der Waals surface area contributed by atoms with E-state index in [-0.39, 0.29) is 5.91 Å². The number of halogens is 1. The van der Waals surface area contributed by atoms with Gasteiger partial charge in [-0.1, -0.05) is 0 Å². The molecule has 0 aromatic heterocycles. The molecule has 0 fully saturated rings. The maximum Gasteiger partial charge on any atom is 0.253 e. The first-order valence-electron chi connectivity index (χ1n) is 4.69. The van der Waals surface area contributed by atoms with Gasteiger partial charge in [0.25, 0.3) is 5.91 Å².